The quantitative estimate of drug-likeness (QED) is 0.700. The van der Waals surface area contributed by atoms with E-state index in [-0.39, 0.29) is 24.0 Å². The molecule has 2 amide bonds. The molecule has 1 aliphatic carbocycles. The van der Waals surface area contributed by atoms with E-state index in [1.165, 1.54) is 0 Å². The molecule has 0 saturated carbocycles. The van der Waals surface area contributed by atoms with E-state index in [2.05, 4.69) is 0 Å². The van der Waals surface area contributed by atoms with Gasteiger partial charge in [0, 0.05) is 43.7 Å². The van der Waals surface area contributed by atoms with E-state index in [4.69, 9.17) is 9.47 Å². The molecular weight excluding hydrogens is 420 g/mol. The molecule has 1 aliphatic heterocycles. The van der Waals surface area contributed by atoms with Crippen LogP contribution in [-0.2, 0) is 17.6 Å². The van der Waals surface area contributed by atoms with E-state index < -0.39 is 0 Å². The first-order valence-corrected chi connectivity index (χ1v) is 11.4. The second-order valence-electron chi connectivity index (χ2n) is 8.54. The number of ether oxygens (including phenoxy) is 2. The highest BCUT2D eigenvalue weighted by Gasteiger charge is 2.25. The third-order valence-electron chi connectivity index (χ3n) is 6.44. The normalized spacial score (nSPS) is 16.1. The highest BCUT2D eigenvalue weighted by Crippen LogP contribution is 2.28. The Bertz CT molecular complexity index is 1060. The SMILES string of the molecule is COc1ccc(CC(=O)N2CCCN(C(=O)c3ccc4c(c3)CCCC4=O)CC2)cc1OC. The number of aryl methyl sites for hydroxylation is 1. The van der Waals surface area contributed by atoms with Gasteiger partial charge < -0.3 is 19.3 Å². The number of ketones is 1. The van der Waals surface area contributed by atoms with E-state index in [0.717, 1.165) is 36.0 Å². The van der Waals surface area contributed by atoms with Gasteiger partial charge in [0.25, 0.3) is 5.91 Å². The van der Waals surface area contributed by atoms with Gasteiger partial charge >= 0.3 is 0 Å². The van der Waals surface area contributed by atoms with Crippen LogP contribution in [0.2, 0.25) is 0 Å². The maximum Gasteiger partial charge on any atom is 0.253 e. The first-order chi connectivity index (χ1) is 16.0. The fourth-order valence-electron chi connectivity index (χ4n) is 4.61. The van der Waals surface area contributed by atoms with Gasteiger partial charge in [-0.3, -0.25) is 14.4 Å². The zero-order valence-electron chi connectivity index (χ0n) is 19.3. The monoisotopic (exact) mass is 450 g/mol. The first-order valence-electron chi connectivity index (χ1n) is 11.4. The van der Waals surface area contributed by atoms with Gasteiger partial charge in [0.1, 0.15) is 0 Å². The first kappa shape index (κ1) is 22.8. The summed E-state index contributed by atoms with van der Waals surface area (Å²) in [6, 6.07) is 10.9. The van der Waals surface area contributed by atoms with Crippen molar-refractivity contribution in [1.29, 1.82) is 0 Å². The van der Waals surface area contributed by atoms with Gasteiger partial charge in [0.2, 0.25) is 5.91 Å². The number of benzene rings is 2. The minimum absolute atomic E-state index is 0.0313. The Balaban J connectivity index is 1.38. The van der Waals surface area contributed by atoms with Crippen LogP contribution < -0.4 is 9.47 Å². The van der Waals surface area contributed by atoms with E-state index >= 15 is 0 Å². The van der Waals surface area contributed by atoms with Crippen molar-refractivity contribution in [2.45, 2.75) is 32.1 Å². The zero-order chi connectivity index (χ0) is 23.4. The van der Waals surface area contributed by atoms with E-state index in [1.807, 2.05) is 28.0 Å². The molecule has 0 bridgehead atoms. The Morgan fingerprint density at radius 1 is 0.848 bits per heavy atom. The molecule has 174 valence electrons. The highest BCUT2D eigenvalue weighted by molar-refractivity contribution is 6.01. The van der Waals surface area contributed by atoms with Crippen LogP contribution in [0, 0.1) is 0 Å². The van der Waals surface area contributed by atoms with Crippen molar-refractivity contribution in [2.75, 3.05) is 40.4 Å². The van der Waals surface area contributed by atoms with Crippen LogP contribution in [0.1, 0.15) is 51.1 Å². The molecule has 0 spiro atoms. The average Bonchev–Trinajstić information content (AvgIpc) is 3.10. The van der Waals surface area contributed by atoms with Crippen LogP contribution in [0.5, 0.6) is 11.5 Å². The molecule has 33 heavy (non-hydrogen) atoms. The number of methoxy groups -OCH3 is 2. The molecule has 1 heterocycles. The number of rotatable bonds is 5. The summed E-state index contributed by atoms with van der Waals surface area (Å²) in [5, 5.41) is 0. The number of nitrogens with zero attached hydrogens (tertiary/aromatic N) is 2. The molecule has 2 aromatic carbocycles. The number of hydrogen-bond donors (Lipinski definition) is 0. The highest BCUT2D eigenvalue weighted by atomic mass is 16.5. The number of carbonyl (C=O) groups is 3. The fourth-order valence-corrected chi connectivity index (χ4v) is 4.61. The van der Waals surface area contributed by atoms with Crippen molar-refractivity contribution in [3.05, 3.63) is 58.7 Å². The van der Waals surface area contributed by atoms with Gasteiger partial charge in [0.15, 0.2) is 17.3 Å². The molecular formula is C26H30N2O5. The van der Waals surface area contributed by atoms with Gasteiger partial charge in [-0.2, -0.15) is 0 Å². The summed E-state index contributed by atoms with van der Waals surface area (Å²) in [7, 11) is 3.15. The standard InChI is InChI=1S/C26H30N2O5/c1-32-23-10-7-18(15-24(23)33-2)16-25(30)27-11-4-12-28(14-13-27)26(31)20-8-9-21-19(17-20)5-3-6-22(21)29/h7-10,15,17H,3-6,11-14,16H2,1-2H3. The maximum atomic E-state index is 13.1. The number of fused-ring (bicyclic) bond motifs is 1. The van der Waals surface area contributed by atoms with Gasteiger partial charge in [-0.05, 0) is 54.7 Å². The van der Waals surface area contributed by atoms with Gasteiger partial charge in [-0.25, -0.2) is 0 Å². The summed E-state index contributed by atoms with van der Waals surface area (Å²) >= 11 is 0. The Hall–Kier alpha value is -3.35. The Kier molecular flexibility index (Phi) is 6.96. The maximum absolute atomic E-state index is 13.1. The lowest BCUT2D eigenvalue weighted by Crippen LogP contribution is -2.38. The Morgan fingerprint density at radius 2 is 1.61 bits per heavy atom. The topological polar surface area (TPSA) is 76.2 Å². The van der Waals surface area contributed by atoms with Crippen LogP contribution in [-0.4, -0.2) is 67.8 Å². The van der Waals surface area contributed by atoms with Gasteiger partial charge in [-0.15, -0.1) is 0 Å². The number of carbonyl (C=O) groups excluding carboxylic acids is 3. The number of Topliss-reactive ketones (excluding diaryl/α,β-unsaturated/α-hetero) is 1. The molecule has 0 aromatic heterocycles. The Labute approximate surface area is 194 Å². The molecule has 0 atom stereocenters. The van der Waals surface area contributed by atoms with Crippen molar-refractivity contribution in [1.82, 2.24) is 9.80 Å². The molecule has 7 nitrogen and oxygen atoms in total. The molecule has 2 aromatic rings. The van der Waals surface area contributed by atoms with Crippen molar-refractivity contribution >= 4 is 17.6 Å². The van der Waals surface area contributed by atoms with E-state index in [1.54, 1.807) is 32.4 Å². The van der Waals surface area contributed by atoms with Crippen molar-refractivity contribution in [2.24, 2.45) is 0 Å². The zero-order valence-corrected chi connectivity index (χ0v) is 19.3. The van der Waals surface area contributed by atoms with Crippen LogP contribution in [0.25, 0.3) is 0 Å². The van der Waals surface area contributed by atoms with Crippen molar-refractivity contribution in [3.8, 4) is 11.5 Å². The van der Waals surface area contributed by atoms with Crippen LogP contribution >= 0.6 is 0 Å². The van der Waals surface area contributed by atoms with E-state index in [0.29, 0.717) is 49.7 Å². The summed E-state index contributed by atoms with van der Waals surface area (Å²) < 4.78 is 10.6. The van der Waals surface area contributed by atoms with Crippen molar-refractivity contribution in [3.63, 3.8) is 0 Å². The largest absolute Gasteiger partial charge is 0.493 e. The fraction of sp³-hybridized carbons (Fsp3) is 0.423. The molecule has 1 fully saturated rings. The second-order valence-corrected chi connectivity index (χ2v) is 8.54. The summed E-state index contributed by atoms with van der Waals surface area (Å²) in [4.78, 5) is 41.8. The number of hydrogen-bond acceptors (Lipinski definition) is 5. The van der Waals surface area contributed by atoms with Crippen LogP contribution in [0.15, 0.2) is 36.4 Å². The minimum Gasteiger partial charge on any atom is -0.493 e. The molecule has 2 aliphatic rings. The summed E-state index contributed by atoms with van der Waals surface area (Å²) in [6.07, 6.45) is 3.25. The Morgan fingerprint density at radius 3 is 2.39 bits per heavy atom. The third-order valence-corrected chi connectivity index (χ3v) is 6.44. The molecule has 0 radical (unpaired) electrons. The predicted molar refractivity (Wildman–Crippen MR) is 124 cm³/mol. The minimum atomic E-state index is -0.0370. The lowest BCUT2D eigenvalue weighted by molar-refractivity contribution is -0.130. The smallest absolute Gasteiger partial charge is 0.253 e. The predicted octanol–water partition coefficient (Wildman–Crippen LogP) is 3.14. The van der Waals surface area contributed by atoms with Crippen molar-refractivity contribution < 1.29 is 23.9 Å². The van der Waals surface area contributed by atoms with E-state index in [9.17, 15) is 14.4 Å². The lowest BCUT2D eigenvalue weighted by atomic mass is 9.89. The average molecular weight is 451 g/mol. The summed E-state index contributed by atoms with van der Waals surface area (Å²) in [6.45, 7) is 2.22. The lowest BCUT2D eigenvalue weighted by Gasteiger charge is -2.23. The molecule has 0 N–H and O–H groups in total. The van der Waals surface area contributed by atoms with Crippen LogP contribution in [0.3, 0.4) is 0 Å². The second kappa shape index (κ2) is 10.1. The summed E-state index contributed by atoms with van der Waals surface area (Å²) in [5.41, 5.74) is 3.20. The molecule has 4 rings (SSSR count). The van der Waals surface area contributed by atoms with Gasteiger partial charge in [0.05, 0.1) is 20.6 Å². The summed E-state index contributed by atoms with van der Waals surface area (Å²) in [5.74, 6) is 1.38. The van der Waals surface area contributed by atoms with Gasteiger partial charge in [-0.1, -0.05) is 12.1 Å². The third kappa shape index (κ3) is 5.02. The molecule has 7 heteroatoms. The molecule has 0 unspecified atom stereocenters. The number of amides is 2. The molecule has 1 saturated heterocycles. The van der Waals surface area contributed by atoms with Crippen LogP contribution in [0.4, 0.5) is 0 Å².